The van der Waals surface area contributed by atoms with Gasteiger partial charge in [0.25, 0.3) is 0 Å². The molecule has 0 aliphatic heterocycles. The Bertz CT molecular complexity index is 836. The van der Waals surface area contributed by atoms with Crippen LogP contribution in [0.2, 0.25) is 0 Å². The van der Waals surface area contributed by atoms with Crippen LogP contribution in [-0.4, -0.2) is 5.11 Å². The maximum Gasteiger partial charge on any atom is 0.115 e. The molecule has 0 aliphatic carbocycles. The van der Waals surface area contributed by atoms with Crippen LogP contribution < -0.4 is 0 Å². The molecule has 0 amide bonds. The summed E-state index contributed by atoms with van der Waals surface area (Å²) in [7, 11) is 0. The maximum absolute atomic E-state index is 8.63. The Kier molecular flexibility index (Phi) is 7.86. The quantitative estimate of drug-likeness (QED) is 0.334. The first-order chi connectivity index (χ1) is 12.3. The molecule has 0 atom stereocenters. The van der Waals surface area contributed by atoms with Crippen LogP contribution in [0.15, 0.2) is 97.1 Å². The monoisotopic (exact) mass is 516 g/mol. The third kappa shape index (κ3) is 5.72. The van der Waals surface area contributed by atoms with Crippen LogP contribution in [0.5, 0.6) is 5.75 Å². The van der Waals surface area contributed by atoms with E-state index in [0.717, 1.165) is 22.3 Å². The molecule has 0 saturated carbocycles. The van der Waals surface area contributed by atoms with Gasteiger partial charge in [-0.15, -0.1) is 18.2 Å². The molecule has 0 spiro atoms. The van der Waals surface area contributed by atoms with Gasteiger partial charge >= 0.3 is 0 Å². The molecule has 0 radical (unpaired) electrons. The van der Waals surface area contributed by atoms with Gasteiger partial charge in [-0.05, 0) is 12.1 Å². The first-order valence-electron chi connectivity index (χ1n) is 8.03. The standard InChI is InChI=1S/C18H11.C6H6O.Pt/c1-3-8-15(9-4-1)17-12-7-13-18(14-17)16-10-5-2-6-11-16;7-6-4-2-1-3-5-6;/h1-8,10,12-13H;1-5,7H;/q-3;;. The average Bonchev–Trinajstić information content (AvgIpc) is 2.71. The Morgan fingerprint density at radius 1 is 0.500 bits per heavy atom. The molecule has 132 valence electrons. The number of phenolic OH excluding ortho intramolecular Hbond substituents is 1. The Balaban J connectivity index is 0.000000258. The van der Waals surface area contributed by atoms with Gasteiger partial charge in [0, 0.05) is 21.1 Å². The van der Waals surface area contributed by atoms with Crippen molar-refractivity contribution < 1.29 is 26.2 Å². The summed E-state index contributed by atoms with van der Waals surface area (Å²) >= 11 is 0. The second kappa shape index (κ2) is 10.4. The van der Waals surface area contributed by atoms with E-state index in [1.54, 1.807) is 24.3 Å². The van der Waals surface area contributed by atoms with E-state index in [1.807, 2.05) is 60.7 Å². The summed E-state index contributed by atoms with van der Waals surface area (Å²) in [5, 5.41) is 8.63. The normalized spacial score (nSPS) is 9.38. The molecule has 0 fully saturated rings. The molecular formula is C24H17OPt-3. The van der Waals surface area contributed by atoms with Gasteiger partial charge < -0.3 is 5.11 Å². The van der Waals surface area contributed by atoms with Crippen LogP contribution in [0.4, 0.5) is 0 Å². The van der Waals surface area contributed by atoms with Crippen molar-refractivity contribution >= 4 is 0 Å². The smallest absolute Gasteiger partial charge is 0.115 e. The third-order valence-electron chi connectivity index (χ3n) is 3.55. The zero-order valence-electron chi connectivity index (χ0n) is 14.0. The predicted octanol–water partition coefficient (Wildman–Crippen LogP) is 5.81. The van der Waals surface area contributed by atoms with E-state index in [0.29, 0.717) is 5.75 Å². The predicted molar refractivity (Wildman–Crippen MR) is 102 cm³/mol. The van der Waals surface area contributed by atoms with Crippen molar-refractivity contribution in [1.82, 2.24) is 0 Å². The first-order valence-corrected chi connectivity index (χ1v) is 8.03. The van der Waals surface area contributed by atoms with Crippen molar-refractivity contribution in [3.8, 4) is 28.0 Å². The molecule has 1 N–H and O–H groups in total. The maximum atomic E-state index is 8.63. The van der Waals surface area contributed by atoms with Crippen molar-refractivity contribution in [1.29, 1.82) is 0 Å². The number of phenols is 1. The minimum atomic E-state index is 0. The second-order valence-electron chi connectivity index (χ2n) is 5.37. The first kappa shape index (κ1) is 19.7. The summed E-state index contributed by atoms with van der Waals surface area (Å²) in [6.07, 6.45) is 0. The van der Waals surface area contributed by atoms with Gasteiger partial charge in [0.05, 0.1) is 0 Å². The number of rotatable bonds is 2. The molecule has 0 aliphatic rings. The Labute approximate surface area is 169 Å². The second-order valence-corrected chi connectivity index (χ2v) is 5.37. The summed E-state index contributed by atoms with van der Waals surface area (Å²) in [6.45, 7) is 0. The van der Waals surface area contributed by atoms with Gasteiger partial charge in [-0.3, -0.25) is 0 Å². The van der Waals surface area contributed by atoms with Gasteiger partial charge in [-0.1, -0.05) is 18.2 Å². The fraction of sp³-hybridized carbons (Fsp3) is 0. The van der Waals surface area contributed by atoms with Gasteiger partial charge in [-0.25, -0.2) is 28.3 Å². The number of para-hydroxylation sites is 1. The average molecular weight is 516 g/mol. The summed E-state index contributed by atoms with van der Waals surface area (Å²) in [4.78, 5) is 0. The fourth-order valence-corrected chi connectivity index (χ4v) is 2.33. The molecule has 0 heterocycles. The van der Waals surface area contributed by atoms with E-state index in [9.17, 15) is 0 Å². The molecule has 0 unspecified atom stereocenters. The van der Waals surface area contributed by atoms with Crippen molar-refractivity contribution in [2.45, 2.75) is 0 Å². The van der Waals surface area contributed by atoms with Gasteiger partial charge in [-0.2, -0.15) is 60.7 Å². The topological polar surface area (TPSA) is 20.2 Å². The zero-order chi connectivity index (χ0) is 17.3. The van der Waals surface area contributed by atoms with Crippen molar-refractivity contribution in [3.05, 3.63) is 115 Å². The van der Waals surface area contributed by atoms with Crippen LogP contribution in [0, 0.1) is 18.2 Å². The van der Waals surface area contributed by atoms with E-state index in [1.165, 1.54) is 0 Å². The molecule has 0 bridgehead atoms. The minimum Gasteiger partial charge on any atom is -0.508 e. The van der Waals surface area contributed by atoms with Crippen LogP contribution >= 0.6 is 0 Å². The largest absolute Gasteiger partial charge is 0.508 e. The fourth-order valence-electron chi connectivity index (χ4n) is 2.33. The number of aromatic hydroxyl groups is 1. The summed E-state index contributed by atoms with van der Waals surface area (Å²) in [6, 6.07) is 40.6. The van der Waals surface area contributed by atoms with Gasteiger partial charge in [0.1, 0.15) is 5.75 Å². The molecule has 0 saturated heterocycles. The van der Waals surface area contributed by atoms with Crippen molar-refractivity contribution in [2.24, 2.45) is 0 Å². The Morgan fingerprint density at radius 3 is 1.35 bits per heavy atom. The number of benzene rings is 4. The van der Waals surface area contributed by atoms with E-state index >= 15 is 0 Å². The van der Waals surface area contributed by atoms with E-state index in [-0.39, 0.29) is 21.1 Å². The Hall–Kier alpha value is -2.63. The van der Waals surface area contributed by atoms with E-state index < -0.39 is 0 Å². The third-order valence-corrected chi connectivity index (χ3v) is 3.55. The SMILES string of the molecule is Oc1ccccc1.[Pt].[c-]1ccccc1-c1[c-]c(-c2[c-]cccc2)ccc1. The van der Waals surface area contributed by atoms with Crippen molar-refractivity contribution in [2.75, 3.05) is 0 Å². The van der Waals surface area contributed by atoms with Gasteiger partial charge in [0.2, 0.25) is 0 Å². The summed E-state index contributed by atoms with van der Waals surface area (Å²) < 4.78 is 0. The summed E-state index contributed by atoms with van der Waals surface area (Å²) in [5.41, 5.74) is 4.25. The zero-order valence-corrected chi connectivity index (χ0v) is 16.3. The molecule has 4 aromatic carbocycles. The molecule has 4 aromatic rings. The molecule has 4 rings (SSSR count). The molecule has 26 heavy (non-hydrogen) atoms. The summed E-state index contributed by atoms with van der Waals surface area (Å²) in [5.74, 6) is 0.322. The van der Waals surface area contributed by atoms with E-state index in [2.05, 4.69) is 30.3 Å². The number of hydrogen-bond donors (Lipinski definition) is 1. The van der Waals surface area contributed by atoms with Crippen LogP contribution in [-0.2, 0) is 21.1 Å². The Morgan fingerprint density at radius 2 is 0.962 bits per heavy atom. The van der Waals surface area contributed by atoms with Crippen LogP contribution in [0.1, 0.15) is 0 Å². The molecule has 1 nitrogen and oxygen atoms in total. The van der Waals surface area contributed by atoms with Crippen LogP contribution in [0.3, 0.4) is 0 Å². The molecule has 2 heteroatoms. The molecule has 0 aromatic heterocycles. The molecular weight excluding hydrogens is 499 g/mol. The van der Waals surface area contributed by atoms with E-state index in [4.69, 9.17) is 5.11 Å². The van der Waals surface area contributed by atoms with Gasteiger partial charge in [0.15, 0.2) is 0 Å². The number of hydrogen-bond acceptors (Lipinski definition) is 1. The minimum absolute atomic E-state index is 0. The van der Waals surface area contributed by atoms with Crippen LogP contribution in [0.25, 0.3) is 22.3 Å². The van der Waals surface area contributed by atoms with Crippen molar-refractivity contribution in [3.63, 3.8) is 0 Å².